The molecule has 0 aliphatic rings. The van der Waals surface area contributed by atoms with E-state index in [0.29, 0.717) is 28.1 Å². The lowest BCUT2D eigenvalue weighted by Crippen LogP contribution is -2.34. The summed E-state index contributed by atoms with van der Waals surface area (Å²) in [4.78, 5) is 39.5. The average Bonchev–Trinajstić information content (AvgIpc) is 2.76. The molecule has 1 aromatic heterocycles. The Kier molecular flexibility index (Phi) is 6.47. The maximum atomic E-state index is 13.0. The molecule has 1 N–H and O–H groups in total. The van der Waals surface area contributed by atoms with Gasteiger partial charge in [0.25, 0.3) is 11.5 Å². The molecule has 0 aliphatic carbocycles. The maximum absolute atomic E-state index is 13.0. The van der Waals surface area contributed by atoms with E-state index in [1.54, 1.807) is 63.5 Å². The van der Waals surface area contributed by atoms with E-state index in [-0.39, 0.29) is 23.0 Å². The monoisotopic (exact) mass is 426 g/mol. The van der Waals surface area contributed by atoms with Gasteiger partial charge in [-0.2, -0.15) is 0 Å². The van der Waals surface area contributed by atoms with Gasteiger partial charge in [-0.3, -0.25) is 14.4 Å². The van der Waals surface area contributed by atoms with E-state index in [1.807, 2.05) is 6.07 Å². The summed E-state index contributed by atoms with van der Waals surface area (Å²) in [6.07, 6.45) is 0. The number of hydrogen-bond acceptors (Lipinski definition) is 6. The van der Waals surface area contributed by atoms with Gasteiger partial charge in [-0.1, -0.05) is 18.2 Å². The molecule has 0 bridgehead atoms. The summed E-state index contributed by atoms with van der Waals surface area (Å²) in [5, 5.41) is 11.2. The lowest BCUT2D eigenvalue weighted by Gasteiger charge is -2.19. The Bertz CT molecular complexity index is 1160. The number of carbonyl (C=O) groups excluding carboxylic acids is 2. The number of anilines is 1. The molecular formula is C22H22N2O5S. The first-order valence-corrected chi connectivity index (χ1v) is 10.3. The van der Waals surface area contributed by atoms with Gasteiger partial charge < -0.3 is 19.3 Å². The molecule has 0 radical (unpaired) electrons. The van der Waals surface area contributed by atoms with Crippen LogP contribution in [-0.4, -0.2) is 41.0 Å². The van der Waals surface area contributed by atoms with E-state index >= 15 is 0 Å². The number of hydrogen-bond donors (Lipinski definition) is 1. The van der Waals surface area contributed by atoms with Gasteiger partial charge in [0.05, 0.1) is 17.9 Å². The number of amides is 1. The number of ether oxygens (including phenoxy) is 1. The number of benzene rings is 2. The molecule has 0 fully saturated rings. The summed E-state index contributed by atoms with van der Waals surface area (Å²) in [5.41, 5.74) is 0.197. The molecular weight excluding hydrogens is 404 g/mol. The molecule has 0 atom stereocenters. The van der Waals surface area contributed by atoms with E-state index in [2.05, 4.69) is 0 Å². The predicted molar refractivity (Wildman–Crippen MR) is 117 cm³/mol. The number of pyridine rings is 1. The molecule has 7 nitrogen and oxygen atoms in total. The standard InChI is InChI=1S/C22H22N2O5S/c1-4-29-18(25)13-30-15-10-11-17-16(12-15)20(26)19(22(28)24(17)3)21(27)23(2)14-8-6-5-7-9-14/h5-12,26H,4,13H2,1-3H3. The third-order valence-corrected chi connectivity index (χ3v) is 5.63. The van der Waals surface area contributed by atoms with Crippen LogP contribution < -0.4 is 10.5 Å². The topological polar surface area (TPSA) is 88.8 Å². The summed E-state index contributed by atoms with van der Waals surface area (Å²) in [5.74, 6) is -1.20. The highest BCUT2D eigenvalue weighted by molar-refractivity contribution is 8.00. The number of rotatable bonds is 6. The van der Waals surface area contributed by atoms with Gasteiger partial charge in [0.1, 0.15) is 11.3 Å². The fourth-order valence-electron chi connectivity index (χ4n) is 3.07. The Hall–Kier alpha value is -3.26. The molecule has 0 saturated carbocycles. The fraction of sp³-hybridized carbons (Fsp3) is 0.227. The minimum Gasteiger partial charge on any atom is -0.506 e. The Morgan fingerprint density at radius 1 is 1.17 bits per heavy atom. The number of aryl methyl sites for hydroxylation is 1. The van der Waals surface area contributed by atoms with Crippen molar-refractivity contribution in [2.45, 2.75) is 11.8 Å². The summed E-state index contributed by atoms with van der Waals surface area (Å²) in [6.45, 7) is 2.04. The van der Waals surface area contributed by atoms with E-state index < -0.39 is 11.5 Å². The van der Waals surface area contributed by atoms with Crippen molar-refractivity contribution in [3.05, 3.63) is 64.4 Å². The Morgan fingerprint density at radius 2 is 1.87 bits per heavy atom. The van der Waals surface area contributed by atoms with Crippen LogP contribution in [0, 0.1) is 0 Å². The summed E-state index contributed by atoms with van der Waals surface area (Å²) in [7, 11) is 3.10. The number of aromatic hydroxyl groups is 1. The molecule has 1 heterocycles. The van der Waals surface area contributed by atoms with Crippen molar-refractivity contribution < 1.29 is 19.4 Å². The number of esters is 1. The van der Waals surface area contributed by atoms with E-state index in [9.17, 15) is 19.5 Å². The minimum absolute atomic E-state index is 0.119. The number of carbonyl (C=O) groups is 2. The van der Waals surface area contributed by atoms with Gasteiger partial charge >= 0.3 is 5.97 Å². The first kappa shape index (κ1) is 21.4. The fourth-order valence-corrected chi connectivity index (χ4v) is 3.81. The van der Waals surface area contributed by atoms with E-state index in [0.717, 1.165) is 0 Å². The second kappa shape index (κ2) is 9.04. The number of para-hydroxylation sites is 1. The molecule has 0 unspecified atom stereocenters. The molecule has 2 aromatic carbocycles. The molecule has 30 heavy (non-hydrogen) atoms. The number of thioether (sulfide) groups is 1. The lowest BCUT2D eigenvalue weighted by molar-refractivity contribution is -0.139. The average molecular weight is 426 g/mol. The zero-order valence-electron chi connectivity index (χ0n) is 16.9. The molecule has 8 heteroatoms. The molecule has 3 aromatic rings. The molecule has 0 saturated heterocycles. The highest BCUT2D eigenvalue weighted by atomic mass is 32.2. The minimum atomic E-state index is -0.606. The molecule has 3 rings (SSSR count). The van der Waals surface area contributed by atoms with Crippen LogP contribution in [0.1, 0.15) is 17.3 Å². The second-order valence-electron chi connectivity index (χ2n) is 6.56. The van der Waals surface area contributed by atoms with Crippen LogP contribution in [0.5, 0.6) is 5.75 Å². The van der Waals surface area contributed by atoms with Gasteiger partial charge in [0, 0.05) is 30.1 Å². The normalized spacial score (nSPS) is 10.8. The van der Waals surface area contributed by atoms with Crippen LogP contribution in [0.15, 0.2) is 58.2 Å². The zero-order valence-corrected chi connectivity index (χ0v) is 17.7. The largest absolute Gasteiger partial charge is 0.506 e. The summed E-state index contributed by atoms with van der Waals surface area (Å²) < 4.78 is 6.26. The van der Waals surface area contributed by atoms with Crippen LogP contribution >= 0.6 is 11.8 Å². The van der Waals surface area contributed by atoms with Gasteiger partial charge in [-0.25, -0.2) is 0 Å². The molecule has 1 amide bonds. The Morgan fingerprint density at radius 3 is 2.53 bits per heavy atom. The predicted octanol–water partition coefficient (Wildman–Crippen LogP) is 3.18. The zero-order chi connectivity index (χ0) is 21.8. The molecule has 0 spiro atoms. The SMILES string of the molecule is CCOC(=O)CSc1ccc2c(c1)c(O)c(C(=O)N(C)c1ccccc1)c(=O)n2C. The van der Waals surface area contributed by atoms with Crippen LogP contribution in [0.4, 0.5) is 5.69 Å². The van der Waals surface area contributed by atoms with Gasteiger partial charge in [-0.05, 0) is 37.3 Å². The van der Waals surface area contributed by atoms with Gasteiger partial charge in [0.15, 0.2) is 0 Å². The first-order chi connectivity index (χ1) is 14.3. The Labute approximate surface area is 177 Å². The van der Waals surface area contributed by atoms with Crippen LogP contribution in [-0.2, 0) is 16.6 Å². The first-order valence-electron chi connectivity index (χ1n) is 9.32. The van der Waals surface area contributed by atoms with Crippen molar-refractivity contribution in [3.63, 3.8) is 0 Å². The highest BCUT2D eigenvalue weighted by Crippen LogP contribution is 2.31. The number of aromatic nitrogens is 1. The van der Waals surface area contributed by atoms with Crippen LogP contribution in [0.3, 0.4) is 0 Å². The van der Waals surface area contributed by atoms with Crippen molar-refractivity contribution in [1.29, 1.82) is 0 Å². The van der Waals surface area contributed by atoms with Crippen molar-refractivity contribution in [2.75, 3.05) is 24.3 Å². The second-order valence-corrected chi connectivity index (χ2v) is 7.61. The van der Waals surface area contributed by atoms with Gasteiger partial charge in [0.2, 0.25) is 0 Å². The third kappa shape index (κ3) is 4.18. The smallest absolute Gasteiger partial charge is 0.316 e. The number of nitrogens with zero attached hydrogens (tertiary/aromatic N) is 2. The van der Waals surface area contributed by atoms with Gasteiger partial charge in [-0.15, -0.1) is 11.8 Å². The maximum Gasteiger partial charge on any atom is 0.316 e. The van der Waals surface area contributed by atoms with Crippen molar-refractivity contribution in [1.82, 2.24) is 4.57 Å². The molecule has 0 aliphatic heterocycles. The lowest BCUT2D eigenvalue weighted by atomic mass is 10.1. The van der Waals surface area contributed by atoms with E-state index in [1.165, 1.54) is 21.2 Å². The summed E-state index contributed by atoms with van der Waals surface area (Å²) in [6, 6.07) is 14.0. The van der Waals surface area contributed by atoms with Crippen molar-refractivity contribution in [2.24, 2.45) is 7.05 Å². The third-order valence-electron chi connectivity index (χ3n) is 4.66. The van der Waals surface area contributed by atoms with Crippen LogP contribution in [0.25, 0.3) is 10.9 Å². The number of fused-ring (bicyclic) bond motifs is 1. The van der Waals surface area contributed by atoms with Crippen LogP contribution in [0.2, 0.25) is 0 Å². The quantitative estimate of drug-likeness (QED) is 0.481. The van der Waals surface area contributed by atoms with Crippen molar-refractivity contribution >= 4 is 40.2 Å². The summed E-state index contributed by atoms with van der Waals surface area (Å²) >= 11 is 1.25. The van der Waals surface area contributed by atoms with Crippen molar-refractivity contribution in [3.8, 4) is 5.75 Å². The highest BCUT2D eigenvalue weighted by Gasteiger charge is 2.25. The Balaban J connectivity index is 2.03. The van der Waals surface area contributed by atoms with E-state index in [4.69, 9.17) is 4.74 Å². The molecule has 156 valence electrons.